The van der Waals surface area contributed by atoms with Crippen molar-refractivity contribution in [2.24, 2.45) is 0 Å². The van der Waals surface area contributed by atoms with Crippen LogP contribution in [-0.4, -0.2) is 20.2 Å². The van der Waals surface area contributed by atoms with Crippen molar-refractivity contribution in [3.05, 3.63) is 9.66 Å². The fourth-order valence-electron chi connectivity index (χ4n) is 1.98. The van der Waals surface area contributed by atoms with Crippen LogP contribution in [0.15, 0.2) is 9.66 Å². The summed E-state index contributed by atoms with van der Waals surface area (Å²) in [6.45, 7) is 10.4. The number of allylic oxidation sites excluding steroid dienone is 1. The second-order valence-corrected chi connectivity index (χ2v) is 10.8. The van der Waals surface area contributed by atoms with Crippen LogP contribution in [-0.2, 0) is 9.22 Å². The summed E-state index contributed by atoms with van der Waals surface area (Å²) in [5, 5.41) is 0. The molecule has 0 rings (SSSR count). The largest absolute Gasteiger partial charge is 0.407 e. The van der Waals surface area contributed by atoms with Gasteiger partial charge < -0.3 is 4.43 Å². The Morgan fingerprint density at radius 3 is 2.06 bits per heavy atom. The first-order chi connectivity index (χ1) is 8.44. The van der Waals surface area contributed by atoms with Crippen LogP contribution in [0.1, 0.15) is 47.5 Å². The summed E-state index contributed by atoms with van der Waals surface area (Å²) in [4.78, 5) is 11.7. The van der Waals surface area contributed by atoms with Crippen LogP contribution >= 0.6 is 22.6 Å². The number of hydrogen-bond donors (Lipinski definition) is 0. The molecule has 4 heteroatoms. The van der Waals surface area contributed by atoms with Gasteiger partial charge in [-0.3, -0.25) is 4.79 Å². The highest BCUT2D eigenvalue weighted by Gasteiger charge is 2.33. The van der Waals surface area contributed by atoms with E-state index in [-0.39, 0.29) is 11.9 Å². The van der Waals surface area contributed by atoms with E-state index in [0.717, 1.165) is 31.0 Å². The molecule has 0 unspecified atom stereocenters. The fourth-order valence-corrected chi connectivity index (χ4v) is 5.10. The normalized spacial score (nSPS) is 14.7. The second kappa shape index (κ2) is 9.26. The summed E-state index contributed by atoms with van der Waals surface area (Å²) in [7, 11) is -1.68. The van der Waals surface area contributed by atoms with Gasteiger partial charge in [0, 0.05) is 0 Å². The predicted octanol–water partition coefficient (Wildman–Crippen LogP) is 5.08. The Labute approximate surface area is 127 Å². The van der Waals surface area contributed by atoms with E-state index in [9.17, 15) is 4.79 Å². The van der Waals surface area contributed by atoms with Gasteiger partial charge in [0.2, 0.25) is 0 Å². The van der Waals surface area contributed by atoms with Crippen molar-refractivity contribution < 1.29 is 9.22 Å². The van der Waals surface area contributed by atoms with Crippen molar-refractivity contribution in [2.45, 2.75) is 71.7 Å². The van der Waals surface area contributed by atoms with Gasteiger partial charge in [0.25, 0.3) is 0 Å². The zero-order valence-corrected chi connectivity index (χ0v) is 15.5. The maximum atomic E-state index is 11.7. The van der Waals surface area contributed by atoms with Gasteiger partial charge >= 0.3 is 0 Å². The maximum Gasteiger partial charge on any atom is 0.193 e. The third kappa shape index (κ3) is 5.97. The van der Waals surface area contributed by atoms with Crippen LogP contribution in [0.2, 0.25) is 18.1 Å². The lowest BCUT2D eigenvalue weighted by Gasteiger charge is -2.32. The average molecular weight is 382 g/mol. The molecule has 0 fully saturated rings. The smallest absolute Gasteiger partial charge is 0.193 e. The lowest BCUT2D eigenvalue weighted by atomic mass is 10.2. The van der Waals surface area contributed by atoms with Gasteiger partial charge in [0.05, 0.1) is 0 Å². The van der Waals surface area contributed by atoms with Gasteiger partial charge in [-0.05, 0) is 64.1 Å². The minimum absolute atomic E-state index is 0.166. The minimum atomic E-state index is -1.68. The first-order valence-electron chi connectivity index (χ1n) is 6.97. The third-order valence-electron chi connectivity index (χ3n) is 3.67. The number of carbonyl (C=O) groups excluding carboxylic acids is 1. The van der Waals surface area contributed by atoms with Crippen LogP contribution in [0, 0.1) is 0 Å². The van der Waals surface area contributed by atoms with Crippen molar-refractivity contribution in [2.75, 3.05) is 0 Å². The zero-order chi connectivity index (χ0) is 14.2. The SMILES string of the molecule is CC/C(I)=C/C[C@H](O[Si](CC)(CC)CC)C(C)=O. The lowest BCUT2D eigenvalue weighted by Crippen LogP contribution is -2.42. The Balaban J connectivity index is 4.76. The van der Waals surface area contributed by atoms with Gasteiger partial charge in [-0.1, -0.05) is 33.8 Å². The van der Waals surface area contributed by atoms with E-state index in [0.29, 0.717) is 0 Å². The molecule has 1 atom stereocenters. The maximum absolute atomic E-state index is 11.7. The molecule has 0 bridgehead atoms. The summed E-state index contributed by atoms with van der Waals surface area (Å²) < 4.78 is 7.59. The molecule has 2 nitrogen and oxygen atoms in total. The van der Waals surface area contributed by atoms with Crippen LogP contribution in [0.25, 0.3) is 0 Å². The summed E-state index contributed by atoms with van der Waals surface area (Å²) >= 11 is 2.33. The van der Waals surface area contributed by atoms with E-state index < -0.39 is 8.32 Å². The summed E-state index contributed by atoms with van der Waals surface area (Å²) in [5.74, 6) is 0.166. The molecule has 18 heavy (non-hydrogen) atoms. The Bertz CT molecular complexity index is 277. The highest BCUT2D eigenvalue weighted by molar-refractivity contribution is 14.1. The molecule has 0 amide bonds. The van der Waals surface area contributed by atoms with Gasteiger partial charge in [-0.25, -0.2) is 0 Å². The summed E-state index contributed by atoms with van der Waals surface area (Å²) in [5.41, 5.74) is 0. The van der Waals surface area contributed by atoms with Crippen molar-refractivity contribution in [3.63, 3.8) is 0 Å². The number of carbonyl (C=O) groups is 1. The molecule has 0 spiro atoms. The molecular formula is C14H27IO2Si. The molecule has 0 aliphatic rings. The molecule has 106 valence electrons. The van der Waals surface area contributed by atoms with Crippen molar-refractivity contribution in [3.8, 4) is 0 Å². The standard InChI is InChI=1S/C14H27IO2Si/c1-6-13(15)10-11-14(12(5)16)17-18(7-2,8-3)9-4/h10,14H,6-9,11H2,1-5H3/b13-10-/t14-/m0/s1. The summed E-state index contributed by atoms with van der Waals surface area (Å²) in [6, 6.07) is 3.29. The van der Waals surface area contributed by atoms with Crippen LogP contribution in [0.3, 0.4) is 0 Å². The Morgan fingerprint density at radius 2 is 1.72 bits per heavy atom. The average Bonchev–Trinajstić information content (AvgIpc) is 2.39. The molecule has 0 aromatic carbocycles. The van der Waals surface area contributed by atoms with Crippen LogP contribution in [0.4, 0.5) is 0 Å². The molecule has 0 aliphatic heterocycles. The fraction of sp³-hybridized carbons (Fsp3) is 0.786. The quantitative estimate of drug-likeness (QED) is 0.410. The molecule has 0 aromatic rings. The van der Waals surface area contributed by atoms with E-state index in [1.165, 1.54) is 3.58 Å². The first-order valence-corrected chi connectivity index (χ1v) is 10.6. The zero-order valence-electron chi connectivity index (χ0n) is 12.4. The van der Waals surface area contributed by atoms with E-state index in [1.54, 1.807) is 6.92 Å². The monoisotopic (exact) mass is 382 g/mol. The number of ketones is 1. The van der Waals surface area contributed by atoms with E-state index in [4.69, 9.17) is 4.43 Å². The molecule has 0 N–H and O–H groups in total. The van der Waals surface area contributed by atoms with Gasteiger partial charge in [-0.2, -0.15) is 0 Å². The van der Waals surface area contributed by atoms with E-state index >= 15 is 0 Å². The molecule has 0 saturated carbocycles. The van der Waals surface area contributed by atoms with Gasteiger partial charge in [-0.15, -0.1) is 0 Å². The van der Waals surface area contributed by atoms with E-state index in [2.05, 4.69) is 56.4 Å². The highest BCUT2D eigenvalue weighted by atomic mass is 127. The van der Waals surface area contributed by atoms with Crippen molar-refractivity contribution >= 4 is 36.7 Å². The third-order valence-corrected chi connectivity index (χ3v) is 9.52. The summed E-state index contributed by atoms with van der Waals surface area (Å²) in [6.07, 6.45) is 3.68. The number of hydrogen-bond acceptors (Lipinski definition) is 2. The topological polar surface area (TPSA) is 26.3 Å². The molecule has 0 radical (unpaired) electrons. The van der Waals surface area contributed by atoms with E-state index in [1.807, 2.05) is 0 Å². The Morgan fingerprint density at radius 1 is 1.22 bits per heavy atom. The van der Waals surface area contributed by atoms with Crippen LogP contribution in [0.5, 0.6) is 0 Å². The van der Waals surface area contributed by atoms with Crippen molar-refractivity contribution in [1.82, 2.24) is 0 Å². The number of rotatable bonds is 9. The molecule has 0 aromatic heterocycles. The molecule has 0 saturated heterocycles. The van der Waals surface area contributed by atoms with Crippen LogP contribution < -0.4 is 0 Å². The van der Waals surface area contributed by atoms with Gasteiger partial charge in [0.1, 0.15) is 6.10 Å². The van der Waals surface area contributed by atoms with Gasteiger partial charge in [0.15, 0.2) is 14.1 Å². The Kier molecular flexibility index (Phi) is 9.42. The molecule has 0 aliphatic carbocycles. The highest BCUT2D eigenvalue weighted by Crippen LogP contribution is 2.25. The lowest BCUT2D eigenvalue weighted by molar-refractivity contribution is -0.123. The molecular weight excluding hydrogens is 355 g/mol. The molecule has 0 heterocycles. The first kappa shape index (κ1) is 18.3. The number of Topliss-reactive ketones (excluding diaryl/α,β-unsaturated/α-hetero) is 1. The predicted molar refractivity (Wildman–Crippen MR) is 89.8 cm³/mol. The second-order valence-electron chi connectivity index (χ2n) is 4.70. The Hall–Kier alpha value is 0.317. The number of halogens is 1. The van der Waals surface area contributed by atoms with Crippen molar-refractivity contribution in [1.29, 1.82) is 0 Å². The minimum Gasteiger partial charge on any atom is -0.407 e.